The fraction of sp³-hybridized carbons (Fsp3) is 0.208. The van der Waals surface area contributed by atoms with Gasteiger partial charge in [0.1, 0.15) is 0 Å². The maximum Gasteiger partial charge on any atom is 0.252 e. The number of hydrogen-bond acceptors (Lipinski definition) is 1. The van der Waals surface area contributed by atoms with Gasteiger partial charge >= 0.3 is 0 Å². The molecule has 3 aliphatic rings. The van der Waals surface area contributed by atoms with Crippen LogP contribution in [0.25, 0.3) is 0 Å². The molecule has 2 bridgehead atoms. The van der Waals surface area contributed by atoms with Crippen molar-refractivity contribution in [2.75, 3.05) is 6.54 Å². The highest BCUT2D eigenvalue weighted by atomic mass is 35.5. The molecule has 2 nitrogen and oxygen atoms in total. The molecule has 0 saturated heterocycles. The molecule has 3 aliphatic carbocycles. The Morgan fingerprint density at radius 1 is 0.931 bits per heavy atom. The van der Waals surface area contributed by atoms with Crippen LogP contribution in [0.2, 0.25) is 5.02 Å². The molecule has 3 aromatic rings. The molecule has 1 unspecified atom stereocenters. The normalized spacial score (nSPS) is 21.4. The minimum Gasteiger partial charge on any atom is -0.352 e. The van der Waals surface area contributed by atoms with Gasteiger partial charge in [0, 0.05) is 18.4 Å². The van der Waals surface area contributed by atoms with E-state index in [1.165, 1.54) is 22.3 Å². The van der Waals surface area contributed by atoms with Gasteiger partial charge in [-0.25, -0.2) is 8.78 Å². The van der Waals surface area contributed by atoms with Crippen LogP contribution in [0.3, 0.4) is 0 Å². The van der Waals surface area contributed by atoms with Crippen molar-refractivity contribution in [3.8, 4) is 0 Å². The van der Waals surface area contributed by atoms with E-state index in [-0.39, 0.29) is 22.4 Å². The molecule has 1 amide bonds. The molecule has 0 fully saturated rings. The SMILES string of the molecule is O=C(NCC1CC2c3ccccc3C1c1ccccc12)c1cc(F)c(F)cc1Cl. The Morgan fingerprint density at radius 2 is 1.48 bits per heavy atom. The Labute approximate surface area is 172 Å². The first-order valence-corrected chi connectivity index (χ1v) is 10.0. The summed E-state index contributed by atoms with van der Waals surface area (Å²) in [5, 5.41) is 2.80. The van der Waals surface area contributed by atoms with Crippen LogP contribution in [0.4, 0.5) is 8.78 Å². The van der Waals surface area contributed by atoms with E-state index in [4.69, 9.17) is 11.6 Å². The molecule has 1 atom stereocenters. The summed E-state index contributed by atoms with van der Waals surface area (Å²) in [6.07, 6.45) is 0.935. The van der Waals surface area contributed by atoms with Crippen LogP contribution < -0.4 is 5.32 Å². The van der Waals surface area contributed by atoms with Crippen LogP contribution >= 0.6 is 11.6 Å². The number of fused-ring (bicyclic) bond motifs is 1. The maximum atomic E-state index is 13.6. The highest BCUT2D eigenvalue weighted by Gasteiger charge is 2.42. The number of amides is 1. The number of carbonyl (C=O) groups excluding carboxylic acids is 1. The molecule has 1 N–H and O–H groups in total. The van der Waals surface area contributed by atoms with Gasteiger partial charge in [0.15, 0.2) is 11.6 Å². The summed E-state index contributed by atoms with van der Waals surface area (Å²) in [6.45, 7) is 0.442. The summed E-state index contributed by atoms with van der Waals surface area (Å²) in [6, 6.07) is 18.7. The molecular formula is C24H18ClF2NO. The first-order chi connectivity index (χ1) is 14.0. The Balaban J connectivity index is 1.42. The average Bonchev–Trinajstić information content (AvgIpc) is 2.74. The number of rotatable bonds is 3. The van der Waals surface area contributed by atoms with Crippen LogP contribution in [0.15, 0.2) is 60.7 Å². The summed E-state index contributed by atoms with van der Waals surface area (Å²) in [7, 11) is 0. The molecular weight excluding hydrogens is 392 g/mol. The van der Waals surface area contributed by atoms with E-state index in [1.54, 1.807) is 0 Å². The summed E-state index contributed by atoms with van der Waals surface area (Å²) in [4.78, 5) is 12.6. The lowest BCUT2D eigenvalue weighted by atomic mass is 9.59. The minimum absolute atomic E-state index is 0.0488. The minimum atomic E-state index is -1.08. The third-order valence-electron chi connectivity index (χ3n) is 6.20. The number of benzene rings is 3. The molecule has 3 aromatic carbocycles. The van der Waals surface area contributed by atoms with Gasteiger partial charge in [0.2, 0.25) is 0 Å². The van der Waals surface area contributed by atoms with Crippen molar-refractivity contribution in [2.24, 2.45) is 5.92 Å². The zero-order chi connectivity index (χ0) is 20.1. The van der Waals surface area contributed by atoms with Crippen molar-refractivity contribution < 1.29 is 13.6 Å². The lowest BCUT2D eigenvalue weighted by molar-refractivity contribution is 0.0942. The first kappa shape index (κ1) is 18.3. The number of halogens is 3. The summed E-state index contributed by atoms with van der Waals surface area (Å²) >= 11 is 5.95. The molecule has 5 heteroatoms. The molecule has 0 radical (unpaired) electrons. The highest BCUT2D eigenvalue weighted by molar-refractivity contribution is 6.33. The number of nitrogens with one attached hydrogen (secondary N) is 1. The standard InChI is InChI=1S/C24H18ClF2NO/c25-20-11-22(27)21(26)10-19(20)24(29)28-12-13-9-18-14-5-1-3-7-16(14)23(13)17-8-4-2-6-15(17)18/h1-8,10-11,13,18,23H,9,12H2,(H,28,29). The van der Waals surface area contributed by atoms with E-state index in [2.05, 4.69) is 53.8 Å². The maximum absolute atomic E-state index is 13.6. The predicted octanol–water partition coefficient (Wildman–Crippen LogP) is 5.65. The number of hydrogen-bond donors (Lipinski definition) is 1. The Bertz CT molecular complexity index is 1080. The van der Waals surface area contributed by atoms with Gasteiger partial charge in [-0.1, -0.05) is 60.1 Å². The Kier molecular flexibility index (Phi) is 4.39. The van der Waals surface area contributed by atoms with Crippen molar-refractivity contribution in [2.45, 2.75) is 18.3 Å². The third-order valence-corrected chi connectivity index (χ3v) is 6.51. The summed E-state index contributed by atoms with van der Waals surface area (Å²) in [5.41, 5.74) is 5.30. The van der Waals surface area contributed by atoms with Crippen LogP contribution in [0, 0.1) is 17.6 Å². The quantitative estimate of drug-likeness (QED) is 0.557. The molecule has 0 aromatic heterocycles. The van der Waals surface area contributed by atoms with Gasteiger partial charge in [-0.2, -0.15) is 0 Å². The second-order valence-electron chi connectivity index (χ2n) is 7.74. The average molecular weight is 410 g/mol. The molecule has 29 heavy (non-hydrogen) atoms. The third kappa shape index (κ3) is 2.94. The Morgan fingerprint density at radius 3 is 2.10 bits per heavy atom. The van der Waals surface area contributed by atoms with E-state index in [0.29, 0.717) is 12.5 Å². The van der Waals surface area contributed by atoms with Crippen LogP contribution in [-0.4, -0.2) is 12.5 Å². The molecule has 146 valence electrons. The van der Waals surface area contributed by atoms with Gasteiger partial charge in [0.25, 0.3) is 5.91 Å². The largest absolute Gasteiger partial charge is 0.352 e. The molecule has 0 aliphatic heterocycles. The second-order valence-corrected chi connectivity index (χ2v) is 8.15. The van der Waals surface area contributed by atoms with Crippen molar-refractivity contribution in [3.63, 3.8) is 0 Å². The van der Waals surface area contributed by atoms with E-state index in [0.717, 1.165) is 18.6 Å². The van der Waals surface area contributed by atoms with Gasteiger partial charge in [-0.05, 0) is 46.7 Å². The summed E-state index contributed by atoms with van der Waals surface area (Å²) in [5.74, 6) is -1.91. The lowest BCUT2D eigenvalue weighted by Crippen LogP contribution is -2.39. The Hall–Kier alpha value is -2.72. The highest BCUT2D eigenvalue weighted by Crippen LogP contribution is 2.55. The summed E-state index contributed by atoms with van der Waals surface area (Å²) < 4.78 is 26.8. The second kappa shape index (κ2) is 6.96. The van der Waals surface area contributed by atoms with Crippen molar-refractivity contribution in [1.29, 1.82) is 0 Å². The predicted molar refractivity (Wildman–Crippen MR) is 108 cm³/mol. The van der Waals surface area contributed by atoms with Gasteiger partial charge in [-0.3, -0.25) is 4.79 Å². The molecule has 0 heterocycles. The van der Waals surface area contributed by atoms with E-state index < -0.39 is 17.5 Å². The lowest BCUT2D eigenvalue weighted by Gasteiger charge is -2.45. The fourth-order valence-electron chi connectivity index (χ4n) is 4.98. The molecule has 0 saturated carbocycles. The fourth-order valence-corrected chi connectivity index (χ4v) is 5.21. The van der Waals surface area contributed by atoms with Crippen molar-refractivity contribution >= 4 is 17.5 Å². The number of carbonyl (C=O) groups is 1. The van der Waals surface area contributed by atoms with Crippen molar-refractivity contribution in [3.05, 3.63) is 105 Å². The van der Waals surface area contributed by atoms with E-state index in [1.807, 2.05) is 0 Å². The van der Waals surface area contributed by atoms with Crippen LogP contribution in [0.1, 0.15) is 50.9 Å². The molecule has 0 spiro atoms. The van der Waals surface area contributed by atoms with Crippen molar-refractivity contribution in [1.82, 2.24) is 5.32 Å². The first-order valence-electron chi connectivity index (χ1n) is 9.65. The monoisotopic (exact) mass is 409 g/mol. The topological polar surface area (TPSA) is 29.1 Å². The van der Waals surface area contributed by atoms with Gasteiger partial charge in [0.05, 0.1) is 10.6 Å². The zero-order valence-electron chi connectivity index (χ0n) is 15.5. The smallest absolute Gasteiger partial charge is 0.252 e. The molecule has 6 rings (SSSR count). The van der Waals surface area contributed by atoms with Crippen LogP contribution in [-0.2, 0) is 0 Å². The van der Waals surface area contributed by atoms with Crippen LogP contribution in [0.5, 0.6) is 0 Å². The van der Waals surface area contributed by atoms with Gasteiger partial charge in [-0.15, -0.1) is 0 Å². The van der Waals surface area contributed by atoms with E-state index >= 15 is 0 Å². The van der Waals surface area contributed by atoms with E-state index in [9.17, 15) is 13.6 Å². The van der Waals surface area contributed by atoms with Gasteiger partial charge < -0.3 is 5.32 Å². The zero-order valence-corrected chi connectivity index (χ0v) is 16.2.